The molecule has 0 fully saturated rings. The molecule has 0 amide bonds. The molecule has 0 spiro atoms. The lowest BCUT2D eigenvalue weighted by Crippen LogP contribution is -1.94. The average molecular weight is 301 g/mol. The van der Waals surface area contributed by atoms with Gasteiger partial charge in [0.05, 0.1) is 16.9 Å². The highest BCUT2D eigenvalue weighted by Gasteiger charge is 2.02. The van der Waals surface area contributed by atoms with Gasteiger partial charge >= 0.3 is 0 Å². The van der Waals surface area contributed by atoms with E-state index in [1.54, 1.807) is 18.2 Å². The predicted molar refractivity (Wildman–Crippen MR) is 74.0 cm³/mol. The van der Waals surface area contributed by atoms with E-state index in [-0.39, 0.29) is 5.69 Å². The standard InChI is InChI=1S/C13H8Cl2F2N2/c14-9-2-1-8(11(15)5-9)7-18-19-13-4-3-10(16)6-12(13)17/h1-7,19H/b18-7+. The SMILES string of the molecule is Fc1ccc(N/N=C/c2ccc(Cl)cc2Cl)c(F)c1. The van der Waals surface area contributed by atoms with E-state index in [4.69, 9.17) is 23.2 Å². The maximum atomic E-state index is 13.3. The van der Waals surface area contributed by atoms with E-state index in [0.29, 0.717) is 15.6 Å². The molecule has 0 unspecified atom stereocenters. The zero-order valence-corrected chi connectivity index (χ0v) is 11.0. The molecule has 0 saturated heterocycles. The van der Waals surface area contributed by atoms with Crippen molar-refractivity contribution < 1.29 is 8.78 Å². The Kier molecular flexibility index (Phi) is 4.35. The van der Waals surface area contributed by atoms with Gasteiger partial charge in [0, 0.05) is 16.7 Å². The number of benzene rings is 2. The molecule has 2 nitrogen and oxygen atoms in total. The largest absolute Gasteiger partial charge is 0.276 e. The van der Waals surface area contributed by atoms with Crippen LogP contribution < -0.4 is 5.43 Å². The highest BCUT2D eigenvalue weighted by molar-refractivity contribution is 6.36. The molecule has 2 rings (SSSR count). The second kappa shape index (κ2) is 5.99. The number of nitrogens with zero attached hydrogens (tertiary/aromatic N) is 1. The van der Waals surface area contributed by atoms with Crippen molar-refractivity contribution in [2.24, 2.45) is 5.10 Å². The van der Waals surface area contributed by atoms with Gasteiger partial charge in [-0.2, -0.15) is 5.10 Å². The van der Waals surface area contributed by atoms with Crippen molar-refractivity contribution in [2.45, 2.75) is 0 Å². The molecule has 0 aliphatic rings. The summed E-state index contributed by atoms with van der Waals surface area (Å²) in [6.07, 6.45) is 1.42. The lowest BCUT2D eigenvalue weighted by atomic mass is 10.2. The van der Waals surface area contributed by atoms with Gasteiger partial charge in [-0.3, -0.25) is 5.43 Å². The topological polar surface area (TPSA) is 24.4 Å². The summed E-state index contributed by atoms with van der Waals surface area (Å²) in [4.78, 5) is 0. The van der Waals surface area contributed by atoms with Crippen molar-refractivity contribution in [3.05, 3.63) is 63.6 Å². The third-order valence-electron chi connectivity index (χ3n) is 2.28. The van der Waals surface area contributed by atoms with Gasteiger partial charge < -0.3 is 0 Å². The molecule has 0 aliphatic heterocycles. The van der Waals surface area contributed by atoms with Crippen molar-refractivity contribution in [3.8, 4) is 0 Å². The van der Waals surface area contributed by atoms with Crippen LogP contribution in [0.2, 0.25) is 10.0 Å². The van der Waals surface area contributed by atoms with Gasteiger partial charge in [0.25, 0.3) is 0 Å². The van der Waals surface area contributed by atoms with E-state index in [1.807, 2.05) is 0 Å². The van der Waals surface area contributed by atoms with Gasteiger partial charge in [-0.1, -0.05) is 29.3 Å². The van der Waals surface area contributed by atoms with E-state index in [2.05, 4.69) is 10.5 Å². The molecule has 0 heterocycles. The Bertz CT molecular complexity index is 630. The van der Waals surface area contributed by atoms with Crippen LogP contribution in [0.15, 0.2) is 41.5 Å². The molecular weight excluding hydrogens is 293 g/mol. The molecule has 0 bridgehead atoms. The maximum Gasteiger partial charge on any atom is 0.151 e. The average Bonchev–Trinajstić information content (AvgIpc) is 2.34. The van der Waals surface area contributed by atoms with E-state index < -0.39 is 11.6 Å². The molecule has 98 valence electrons. The third-order valence-corrected chi connectivity index (χ3v) is 2.84. The van der Waals surface area contributed by atoms with Crippen molar-refractivity contribution in [3.63, 3.8) is 0 Å². The monoisotopic (exact) mass is 300 g/mol. The molecular formula is C13H8Cl2F2N2. The van der Waals surface area contributed by atoms with Crippen molar-refractivity contribution in [2.75, 3.05) is 5.43 Å². The Morgan fingerprint density at radius 1 is 1.05 bits per heavy atom. The van der Waals surface area contributed by atoms with E-state index in [9.17, 15) is 8.78 Å². The molecule has 0 aromatic heterocycles. The summed E-state index contributed by atoms with van der Waals surface area (Å²) in [5, 5.41) is 4.77. The van der Waals surface area contributed by atoms with Crippen LogP contribution in [0.25, 0.3) is 0 Å². The molecule has 0 atom stereocenters. The lowest BCUT2D eigenvalue weighted by Gasteiger charge is -2.02. The number of rotatable bonds is 3. The first-order chi connectivity index (χ1) is 9.06. The molecule has 2 aromatic rings. The van der Waals surface area contributed by atoms with Gasteiger partial charge in [-0.25, -0.2) is 8.78 Å². The summed E-state index contributed by atoms with van der Waals surface area (Å²) in [6, 6.07) is 8.07. The Morgan fingerprint density at radius 2 is 1.84 bits per heavy atom. The summed E-state index contributed by atoms with van der Waals surface area (Å²) in [5.74, 6) is -1.37. The summed E-state index contributed by atoms with van der Waals surface area (Å²) >= 11 is 11.7. The normalized spacial score (nSPS) is 10.9. The number of anilines is 1. The quantitative estimate of drug-likeness (QED) is 0.644. The van der Waals surface area contributed by atoms with Crippen molar-refractivity contribution in [1.82, 2.24) is 0 Å². The molecule has 19 heavy (non-hydrogen) atoms. The number of halogens is 4. The fourth-order valence-corrected chi connectivity index (χ4v) is 1.82. The number of hydrogen-bond donors (Lipinski definition) is 1. The molecule has 1 N–H and O–H groups in total. The highest BCUT2D eigenvalue weighted by Crippen LogP contribution is 2.20. The van der Waals surface area contributed by atoms with Gasteiger partial charge in [0.1, 0.15) is 5.82 Å². The number of hydrazone groups is 1. The van der Waals surface area contributed by atoms with Crippen molar-refractivity contribution in [1.29, 1.82) is 0 Å². The van der Waals surface area contributed by atoms with Crippen LogP contribution in [-0.2, 0) is 0 Å². The lowest BCUT2D eigenvalue weighted by molar-refractivity contribution is 0.585. The first-order valence-electron chi connectivity index (χ1n) is 5.25. The van der Waals surface area contributed by atoms with Crippen LogP contribution in [-0.4, -0.2) is 6.21 Å². The molecule has 6 heteroatoms. The van der Waals surface area contributed by atoms with E-state index >= 15 is 0 Å². The second-order valence-electron chi connectivity index (χ2n) is 3.66. The smallest absolute Gasteiger partial charge is 0.151 e. The molecule has 0 aliphatic carbocycles. The fourth-order valence-electron chi connectivity index (χ4n) is 1.36. The van der Waals surface area contributed by atoms with Gasteiger partial charge in [0.15, 0.2) is 5.82 Å². The number of hydrogen-bond acceptors (Lipinski definition) is 2. The summed E-state index contributed by atoms with van der Waals surface area (Å²) in [7, 11) is 0. The summed E-state index contributed by atoms with van der Waals surface area (Å²) < 4.78 is 26.0. The van der Waals surface area contributed by atoms with Crippen LogP contribution in [0.5, 0.6) is 0 Å². The van der Waals surface area contributed by atoms with E-state index in [0.717, 1.165) is 12.1 Å². The zero-order valence-electron chi connectivity index (χ0n) is 9.50. The molecule has 0 saturated carbocycles. The maximum absolute atomic E-state index is 13.3. The molecule has 2 aromatic carbocycles. The summed E-state index contributed by atoms with van der Waals surface area (Å²) in [6.45, 7) is 0. The Labute approximate surface area is 118 Å². The van der Waals surface area contributed by atoms with Gasteiger partial charge in [-0.05, 0) is 24.3 Å². The van der Waals surface area contributed by atoms with Crippen LogP contribution in [0, 0.1) is 11.6 Å². The Morgan fingerprint density at radius 3 is 2.53 bits per heavy atom. The zero-order chi connectivity index (χ0) is 13.8. The Hall–Kier alpha value is -1.65. The molecule has 0 radical (unpaired) electrons. The fraction of sp³-hybridized carbons (Fsp3) is 0. The van der Waals surface area contributed by atoms with E-state index in [1.165, 1.54) is 12.3 Å². The van der Waals surface area contributed by atoms with Gasteiger partial charge in [-0.15, -0.1) is 0 Å². The van der Waals surface area contributed by atoms with Crippen LogP contribution >= 0.6 is 23.2 Å². The van der Waals surface area contributed by atoms with Crippen LogP contribution in [0.3, 0.4) is 0 Å². The Balaban J connectivity index is 2.11. The number of nitrogens with one attached hydrogen (secondary N) is 1. The second-order valence-corrected chi connectivity index (χ2v) is 4.50. The van der Waals surface area contributed by atoms with Gasteiger partial charge in [0.2, 0.25) is 0 Å². The summed E-state index contributed by atoms with van der Waals surface area (Å²) in [5.41, 5.74) is 3.16. The highest BCUT2D eigenvalue weighted by atomic mass is 35.5. The van der Waals surface area contributed by atoms with Crippen LogP contribution in [0.1, 0.15) is 5.56 Å². The minimum Gasteiger partial charge on any atom is -0.276 e. The van der Waals surface area contributed by atoms with Crippen molar-refractivity contribution >= 4 is 35.1 Å². The predicted octanol–water partition coefficient (Wildman–Crippen LogP) is 4.72. The first-order valence-corrected chi connectivity index (χ1v) is 6.01. The minimum absolute atomic E-state index is 0.0720. The van der Waals surface area contributed by atoms with Crippen LogP contribution in [0.4, 0.5) is 14.5 Å². The third kappa shape index (κ3) is 3.66. The minimum atomic E-state index is -0.723. The first kappa shape index (κ1) is 13.8.